The second-order valence-electron chi connectivity index (χ2n) is 6.48. The number of hydrogen-bond donors (Lipinski definition) is 1. The number of aryl methyl sites for hydroxylation is 1. The Kier molecular flexibility index (Phi) is 5.58. The third-order valence-electron chi connectivity index (χ3n) is 4.13. The smallest absolute Gasteiger partial charge is 0.379 e. The molecule has 0 bridgehead atoms. The van der Waals surface area contributed by atoms with Gasteiger partial charge in [-0.15, -0.1) is 16.4 Å². The van der Waals surface area contributed by atoms with Crippen LogP contribution in [0.25, 0.3) is 16.4 Å². The highest BCUT2D eigenvalue weighted by Gasteiger charge is 2.25. The first-order valence-electron chi connectivity index (χ1n) is 9.13. The fourth-order valence-corrected chi connectivity index (χ4v) is 3.34. The van der Waals surface area contributed by atoms with Crippen LogP contribution < -0.4 is 5.32 Å². The van der Waals surface area contributed by atoms with Crippen molar-refractivity contribution < 1.29 is 23.2 Å². The Labute approximate surface area is 179 Å². The molecule has 11 heteroatoms. The lowest BCUT2D eigenvalue weighted by atomic mass is 10.3. The number of hydrogen-bond acceptors (Lipinski definition) is 8. The van der Waals surface area contributed by atoms with Gasteiger partial charge in [-0.05, 0) is 49.6 Å². The van der Waals surface area contributed by atoms with Crippen LogP contribution in [0.5, 0.6) is 0 Å². The molecule has 0 radical (unpaired) electrons. The van der Waals surface area contributed by atoms with Crippen LogP contribution in [0, 0.1) is 12.7 Å². The Morgan fingerprint density at radius 1 is 1.26 bits per heavy atom. The van der Waals surface area contributed by atoms with E-state index in [-0.39, 0.29) is 11.6 Å². The van der Waals surface area contributed by atoms with Crippen LogP contribution in [-0.4, -0.2) is 37.9 Å². The molecule has 1 aromatic carbocycles. The number of nitrogens with zero attached hydrogens (tertiary/aromatic N) is 4. The van der Waals surface area contributed by atoms with Gasteiger partial charge in [0.2, 0.25) is 0 Å². The van der Waals surface area contributed by atoms with Gasteiger partial charge in [0.15, 0.2) is 17.7 Å². The van der Waals surface area contributed by atoms with Crippen molar-refractivity contribution in [2.24, 2.45) is 0 Å². The molecule has 1 unspecified atom stereocenters. The number of esters is 1. The van der Waals surface area contributed by atoms with E-state index >= 15 is 0 Å². The number of halogens is 1. The van der Waals surface area contributed by atoms with Crippen molar-refractivity contribution >= 4 is 29.0 Å². The molecule has 0 fully saturated rings. The molecule has 0 saturated carbocycles. The number of rotatable bonds is 6. The minimum atomic E-state index is -1.13. The molecule has 1 N–H and O–H groups in total. The maximum Gasteiger partial charge on any atom is 0.379 e. The summed E-state index contributed by atoms with van der Waals surface area (Å²) in [6.07, 6.45) is -1.13. The van der Waals surface area contributed by atoms with Crippen LogP contribution in [0.1, 0.15) is 23.3 Å². The number of benzene rings is 1. The van der Waals surface area contributed by atoms with E-state index in [0.717, 1.165) is 4.88 Å². The molecule has 4 aromatic rings. The van der Waals surface area contributed by atoms with Crippen LogP contribution in [0.2, 0.25) is 0 Å². The number of ether oxygens (including phenoxy) is 1. The molecular formula is C20H16FN5O4S. The predicted octanol–water partition coefficient (Wildman–Crippen LogP) is 3.62. The molecule has 0 aliphatic heterocycles. The van der Waals surface area contributed by atoms with Gasteiger partial charge >= 0.3 is 5.97 Å². The molecule has 158 valence electrons. The SMILES string of the molecule is Cc1cc(NC(=O)C(C)OC(=O)c2nc(-c3cccs3)n(-c3ccc(F)cc3)n2)no1. The standard InChI is InChI=1S/C20H16FN5O4S/c1-11-10-16(25-30-11)22-19(27)12(2)29-20(28)17-23-18(15-4-3-9-31-15)26(24-17)14-7-5-13(21)6-8-14/h3-10,12H,1-2H3,(H,22,25,27). The van der Waals surface area contributed by atoms with Crippen LogP contribution >= 0.6 is 11.3 Å². The number of nitrogens with one attached hydrogen (secondary N) is 1. The van der Waals surface area contributed by atoms with E-state index in [1.54, 1.807) is 6.92 Å². The fourth-order valence-electron chi connectivity index (χ4n) is 2.65. The van der Waals surface area contributed by atoms with Gasteiger partial charge in [-0.3, -0.25) is 4.79 Å². The van der Waals surface area contributed by atoms with E-state index in [2.05, 4.69) is 20.6 Å². The van der Waals surface area contributed by atoms with Crippen molar-refractivity contribution in [2.45, 2.75) is 20.0 Å². The number of thiophene rings is 1. The lowest BCUT2D eigenvalue weighted by Gasteiger charge is -2.10. The van der Waals surface area contributed by atoms with E-state index < -0.39 is 23.8 Å². The van der Waals surface area contributed by atoms with Crippen molar-refractivity contribution in [2.75, 3.05) is 5.32 Å². The summed E-state index contributed by atoms with van der Waals surface area (Å²) in [6, 6.07) is 10.8. The van der Waals surface area contributed by atoms with Crippen LogP contribution in [0.4, 0.5) is 10.2 Å². The predicted molar refractivity (Wildman–Crippen MR) is 109 cm³/mol. The molecule has 0 spiro atoms. The topological polar surface area (TPSA) is 112 Å². The van der Waals surface area contributed by atoms with Crippen molar-refractivity contribution in [1.29, 1.82) is 0 Å². The zero-order valence-corrected chi connectivity index (χ0v) is 17.2. The molecule has 0 saturated heterocycles. The lowest BCUT2D eigenvalue weighted by molar-refractivity contribution is -0.123. The van der Waals surface area contributed by atoms with E-state index in [4.69, 9.17) is 9.26 Å². The molecular weight excluding hydrogens is 425 g/mol. The van der Waals surface area contributed by atoms with Crippen molar-refractivity contribution in [3.05, 3.63) is 65.2 Å². The number of anilines is 1. The van der Waals surface area contributed by atoms with Crippen LogP contribution in [-0.2, 0) is 9.53 Å². The molecule has 0 aliphatic rings. The highest BCUT2D eigenvalue weighted by molar-refractivity contribution is 7.13. The largest absolute Gasteiger partial charge is 0.447 e. The van der Waals surface area contributed by atoms with E-state index in [1.807, 2.05) is 17.5 Å². The van der Waals surface area contributed by atoms with Gasteiger partial charge in [-0.1, -0.05) is 11.2 Å². The molecule has 0 aliphatic carbocycles. The van der Waals surface area contributed by atoms with Crippen LogP contribution in [0.3, 0.4) is 0 Å². The molecule has 4 rings (SSSR count). The van der Waals surface area contributed by atoms with Gasteiger partial charge in [-0.2, -0.15) is 4.98 Å². The van der Waals surface area contributed by atoms with Gasteiger partial charge in [0.25, 0.3) is 11.7 Å². The zero-order valence-electron chi connectivity index (χ0n) is 16.4. The molecule has 1 atom stereocenters. The molecule has 1 amide bonds. The average molecular weight is 441 g/mol. The van der Waals surface area contributed by atoms with Gasteiger partial charge in [0.05, 0.1) is 10.6 Å². The Bertz CT molecular complexity index is 1220. The summed E-state index contributed by atoms with van der Waals surface area (Å²) in [6.45, 7) is 3.09. The third kappa shape index (κ3) is 4.51. The Hall–Kier alpha value is -3.86. The highest BCUT2D eigenvalue weighted by atomic mass is 32.1. The third-order valence-corrected chi connectivity index (χ3v) is 5.00. The van der Waals surface area contributed by atoms with Crippen LogP contribution in [0.15, 0.2) is 52.4 Å². The van der Waals surface area contributed by atoms with Crippen molar-refractivity contribution in [1.82, 2.24) is 19.9 Å². The molecule has 31 heavy (non-hydrogen) atoms. The van der Waals surface area contributed by atoms with Gasteiger partial charge in [0.1, 0.15) is 11.6 Å². The Morgan fingerprint density at radius 3 is 2.68 bits per heavy atom. The van der Waals surface area contributed by atoms with Gasteiger partial charge < -0.3 is 14.6 Å². The highest BCUT2D eigenvalue weighted by Crippen LogP contribution is 2.26. The number of carbonyl (C=O) groups excluding carboxylic acids is 2. The van der Waals surface area contributed by atoms with E-state index in [9.17, 15) is 14.0 Å². The maximum absolute atomic E-state index is 13.3. The average Bonchev–Trinajstić information content (AvgIpc) is 3.49. The van der Waals surface area contributed by atoms with E-state index in [1.165, 1.54) is 53.3 Å². The van der Waals surface area contributed by atoms with Crippen molar-refractivity contribution in [3.8, 4) is 16.4 Å². The number of carbonyl (C=O) groups is 2. The summed E-state index contributed by atoms with van der Waals surface area (Å²) in [7, 11) is 0. The van der Waals surface area contributed by atoms with E-state index in [0.29, 0.717) is 17.3 Å². The first-order chi connectivity index (χ1) is 14.9. The lowest BCUT2D eigenvalue weighted by Crippen LogP contribution is -2.30. The summed E-state index contributed by atoms with van der Waals surface area (Å²) in [4.78, 5) is 29.9. The van der Waals surface area contributed by atoms with Gasteiger partial charge in [-0.25, -0.2) is 13.9 Å². The fraction of sp³-hybridized carbons (Fsp3) is 0.150. The Morgan fingerprint density at radius 2 is 2.03 bits per heavy atom. The quantitative estimate of drug-likeness (QED) is 0.455. The molecule has 9 nitrogen and oxygen atoms in total. The first kappa shape index (κ1) is 20.4. The minimum absolute atomic E-state index is 0.212. The molecule has 3 heterocycles. The summed E-state index contributed by atoms with van der Waals surface area (Å²) < 4.78 is 24.8. The Balaban J connectivity index is 1.56. The number of aromatic nitrogens is 4. The maximum atomic E-state index is 13.3. The monoisotopic (exact) mass is 441 g/mol. The summed E-state index contributed by atoms with van der Waals surface area (Å²) >= 11 is 1.41. The first-order valence-corrected chi connectivity index (χ1v) is 10.0. The number of amides is 1. The minimum Gasteiger partial charge on any atom is -0.447 e. The summed E-state index contributed by atoms with van der Waals surface area (Å²) in [5, 5.41) is 12.2. The van der Waals surface area contributed by atoms with Gasteiger partial charge in [0, 0.05) is 6.07 Å². The van der Waals surface area contributed by atoms with Crippen molar-refractivity contribution in [3.63, 3.8) is 0 Å². The normalized spacial score (nSPS) is 11.8. The summed E-state index contributed by atoms with van der Waals surface area (Å²) in [5.74, 6) is -0.965. The summed E-state index contributed by atoms with van der Waals surface area (Å²) in [5.41, 5.74) is 0.517. The second kappa shape index (κ2) is 8.48. The molecule has 3 aromatic heterocycles. The second-order valence-corrected chi connectivity index (χ2v) is 7.43. The zero-order chi connectivity index (χ0) is 22.0.